The van der Waals surface area contributed by atoms with Gasteiger partial charge in [0, 0.05) is 33.8 Å². The van der Waals surface area contributed by atoms with Crippen molar-refractivity contribution in [1.29, 1.82) is 0 Å². The lowest BCUT2D eigenvalue weighted by atomic mass is 9.92. The predicted molar refractivity (Wildman–Crippen MR) is 125 cm³/mol. The van der Waals surface area contributed by atoms with Gasteiger partial charge in [-0.25, -0.2) is 0 Å². The molecule has 0 aromatic heterocycles. The maximum atomic E-state index is 13.8. The van der Waals surface area contributed by atoms with E-state index in [-0.39, 0.29) is 33.1 Å². The summed E-state index contributed by atoms with van der Waals surface area (Å²) < 4.78 is 52.9. The first-order valence-electron chi connectivity index (χ1n) is 8.77. The van der Waals surface area contributed by atoms with Crippen LogP contribution in [0.25, 0.3) is 0 Å². The van der Waals surface area contributed by atoms with Crippen LogP contribution >= 0.6 is 50.7 Å². The van der Waals surface area contributed by atoms with Gasteiger partial charge >= 0.3 is 6.18 Å². The molecule has 0 aliphatic rings. The van der Waals surface area contributed by atoms with Crippen molar-refractivity contribution in [3.63, 3.8) is 0 Å². The summed E-state index contributed by atoms with van der Waals surface area (Å²) >= 11 is 20.8. The molecule has 0 aliphatic heterocycles. The molecule has 0 heterocycles. The van der Waals surface area contributed by atoms with E-state index in [0.29, 0.717) is 10.0 Å². The van der Waals surface area contributed by atoms with Gasteiger partial charge in [-0.3, -0.25) is 9.00 Å². The minimum absolute atomic E-state index is 0.119. The van der Waals surface area contributed by atoms with E-state index in [1.54, 1.807) is 6.07 Å². The number of rotatable bonds is 8. The molecular formula is C19H17BrCl3F3N2O3S. The smallest absolute Gasteiger partial charge is 0.381 e. The number of amides is 1. The molecular weight excluding hydrogens is 580 g/mol. The lowest BCUT2D eigenvalue weighted by Crippen LogP contribution is -2.47. The highest BCUT2D eigenvalue weighted by molar-refractivity contribution is 9.10. The summed E-state index contributed by atoms with van der Waals surface area (Å²) in [5.41, 5.74) is -2.95. The first-order valence-corrected chi connectivity index (χ1v) is 12.4. The summed E-state index contributed by atoms with van der Waals surface area (Å²) in [4.78, 5) is 11.6. The second-order valence-corrected chi connectivity index (χ2v) is 10.2. The Morgan fingerprint density at radius 1 is 1.16 bits per heavy atom. The van der Waals surface area contributed by atoms with E-state index in [1.165, 1.54) is 18.4 Å². The molecule has 3 N–H and O–H groups in total. The minimum atomic E-state index is -5.05. The van der Waals surface area contributed by atoms with Crippen molar-refractivity contribution in [3.8, 4) is 0 Å². The zero-order valence-electron chi connectivity index (χ0n) is 16.3. The van der Waals surface area contributed by atoms with Crippen LogP contribution in [-0.2, 0) is 27.7 Å². The van der Waals surface area contributed by atoms with Crippen LogP contribution in [0.5, 0.6) is 0 Å². The monoisotopic (exact) mass is 594 g/mol. The van der Waals surface area contributed by atoms with E-state index >= 15 is 0 Å². The van der Waals surface area contributed by atoms with Crippen LogP contribution in [0.15, 0.2) is 34.8 Å². The Morgan fingerprint density at radius 3 is 2.25 bits per heavy atom. The Hall–Kier alpha value is -1.04. The Balaban J connectivity index is 2.19. The van der Waals surface area contributed by atoms with Gasteiger partial charge in [-0.15, -0.1) is 0 Å². The number of nitrogens with one attached hydrogen (secondary N) is 2. The normalized spacial score (nSPS) is 14.5. The van der Waals surface area contributed by atoms with Crippen LogP contribution in [-0.4, -0.2) is 40.0 Å². The molecule has 32 heavy (non-hydrogen) atoms. The van der Waals surface area contributed by atoms with E-state index < -0.39 is 40.6 Å². The fourth-order valence-corrected chi connectivity index (χ4v) is 4.21. The number of carbonyl (C=O) groups excluding carboxylic acids is 1. The van der Waals surface area contributed by atoms with Gasteiger partial charge < -0.3 is 15.7 Å². The molecule has 2 rings (SSSR count). The molecule has 0 unspecified atom stereocenters. The van der Waals surface area contributed by atoms with Crippen LogP contribution in [0.2, 0.25) is 15.1 Å². The summed E-state index contributed by atoms with van der Waals surface area (Å²) in [7, 11) is -1.27. The molecule has 2 aromatic carbocycles. The SMILES string of the molecule is C[S@@](=O)CC(=O)NCc1ccc(NC[C@@](O)(c2cc(Cl)c(Cl)c(Cl)c2)C(F)(F)F)cc1Br. The van der Waals surface area contributed by atoms with Gasteiger partial charge in [-0.05, 0) is 35.4 Å². The van der Waals surface area contributed by atoms with Crippen molar-refractivity contribution in [2.45, 2.75) is 18.3 Å². The van der Waals surface area contributed by atoms with Gasteiger partial charge in [0.1, 0.15) is 5.75 Å². The Labute approximate surface area is 208 Å². The number of hydrogen-bond donors (Lipinski definition) is 3. The molecule has 0 spiro atoms. The third-order valence-electron chi connectivity index (χ3n) is 4.34. The topological polar surface area (TPSA) is 78.4 Å². The quantitative estimate of drug-likeness (QED) is 0.363. The fourth-order valence-electron chi connectivity index (χ4n) is 2.62. The van der Waals surface area contributed by atoms with Crippen LogP contribution in [0.4, 0.5) is 18.9 Å². The molecule has 0 saturated heterocycles. The van der Waals surface area contributed by atoms with E-state index in [0.717, 1.165) is 12.1 Å². The lowest BCUT2D eigenvalue weighted by Gasteiger charge is -2.32. The summed E-state index contributed by atoms with van der Waals surface area (Å²) in [6.45, 7) is -0.805. The van der Waals surface area contributed by atoms with Gasteiger partial charge in [0.05, 0.1) is 21.6 Å². The highest BCUT2D eigenvalue weighted by Crippen LogP contribution is 2.43. The number of halogens is 7. The van der Waals surface area contributed by atoms with Crippen molar-refractivity contribution in [1.82, 2.24) is 5.32 Å². The van der Waals surface area contributed by atoms with Gasteiger partial charge in [0.25, 0.3) is 0 Å². The third-order valence-corrected chi connectivity index (χ3v) is 6.95. The van der Waals surface area contributed by atoms with Crippen LogP contribution in [0, 0.1) is 0 Å². The fraction of sp³-hybridized carbons (Fsp3) is 0.316. The average Bonchev–Trinajstić information content (AvgIpc) is 2.67. The van der Waals surface area contributed by atoms with Crippen LogP contribution < -0.4 is 10.6 Å². The maximum Gasteiger partial charge on any atom is 0.423 e. The summed E-state index contributed by atoms with van der Waals surface area (Å²) in [6.07, 6.45) is -3.65. The maximum absolute atomic E-state index is 13.8. The molecule has 1 amide bonds. The molecule has 0 radical (unpaired) electrons. The van der Waals surface area contributed by atoms with Crippen LogP contribution in [0.1, 0.15) is 11.1 Å². The minimum Gasteiger partial charge on any atom is -0.381 e. The second-order valence-electron chi connectivity index (χ2n) is 6.77. The highest BCUT2D eigenvalue weighted by Gasteiger charge is 2.55. The van der Waals surface area contributed by atoms with Crippen molar-refractivity contribution in [2.24, 2.45) is 0 Å². The molecule has 0 saturated carbocycles. The van der Waals surface area contributed by atoms with Gasteiger partial charge in [-0.1, -0.05) is 56.8 Å². The second kappa shape index (κ2) is 10.9. The molecule has 176 valence electrons. The Bertz CT molecular complexity index is 1020. The van der Waals surface area contributed by atoms with Crippen molar-refractivity contribution >= 4 is 73.1 Å². The predicted octanol–water partition coefficient (Wildman–Crippen LogP) is 5.27. The molecule has 0 aliphatic carbocycles. The first kappa shape index (κ1) is 27.2. The molecule has 2 aromatic rings. The van der Waals surface area contributed by atoms with Crippen molar-refractivity contribution in [2.75, 3.05) is 23.9 Å². The average molecular weight is 597 g/mol. The molecule has 0 fully saturated rings. The number of carbonyl (C=O) groups is 1. The largest absolute Gasteiger partial charge is 0.423 e. The van der Waals surface area contributed by atoms with Gasteiger partial charge in [0.2, 0.25) is 11.5 Å². The zero-order valence-corrected chi connectivity index (χ0v) is 21.0. The van der Waals surface area contributed by atoms with Crippen LogP contribution in [0.3, 0.4) is 0 Å². The lowest BCUT2D eigenvalue weighted by molar-refractivity contribution is -0.260. The number of alkyl halides is 3. The van der Waals surface area contributed by atoms with E-state index in [4.69, 9.17) is 34.8 Å². The summed E-state index contributed by atoms with van der Waals surface area (Å²) in [6, 6.07) is 6.39. The molecule has 0 bridgehead atoms. The number of anilines is 1. The third kappa shape index (κ3) is 6.74. The molecule has 13 heteroatoms. The summed E-state index contributed by atoms with van der Waals surface area (Å²) in [5, 5.41) is 15.1. The molecule has 2 atom stereocenters. The van der Waals surface area contributed by atoms with Crippen molar-refractivity contribution < 1.29 is 27.3 Å². The Morgan fingerprint density at radius 2 is 1.75 bits per heavy atom. The number of hydrogen-bond acceptors (Lipinski definition) is 4. The van der Waals surface area contributed by atoms with Gasteiger partial charge in [-0.2, -0.15) is 13.2 Å². The molecule has 5 nitrogen and oxygen atoms in total. The standard InChI is InChI=1S/C19H17BrCl3F3N2O3S/c1-32(31)8-16(29)27-7-10-2-3-12(6-13(10)20)28-9-18(30,19(24,25)26)11-4-14(21)17(23)15(22)5-11/h2-6,28,30H,7-9H2,1H3,(H,27,29)/t18-,32-/m1/s1. The number of aliphatic hydroxyl groups is 1. The number of benzene rings is 2. The van der Waals surface area contributed by atoms with E-state index in [1.807, 2.05) is 0 Å². The first-order chi connectivity index (χ1) is 14.7. The van der Waals surface area contributed by atoms with E-state index in [2.05, 4.69) is 26.6 Å². The van der Waals surface area contributed by atoms with Gasteiger partial charge in [0.15, 0.2) is 0 Å². The summed E-state index contributed by atoms with van der Waals surface area (Å²) in [5.74, 6) is -0.526. The Kier molecular flexibility index (Phi) is 9.29. The highest BCUT2D eigenvalue weighted by atomic mass is 79.9. The van der Waals surface area contributed by atoms with Crippen molar-refractivity contribution in [3.05, 3.63) is 61.0 Å². The van der Waals surface area contributed by atoms with E-state index in [9.17, 15) is 27.3 Å². The zero-order chi connectivity index (χ0) is 24.3.